The highest BCUT2D eigenvalue weighted by atomic mass is 35.5. The number of piperazine rings is 1. The Labute approximate surface area is 229 Å². The largest absolute Gasteiger partial charge is 0.467 e. The Morgan fingerprint density at radius 2 is 1.77 bits per heavy atom. The first kappa shape index (κ1) is 28.2. The number of ether oxygens (including phenoxy) is 1. The molecule has 4 rings (SSSR count). The van der Waals surface area contributed by atoms with Crippen molar-refractivity contribution in [2.75, 3.05) is 45.0 Å². The summed E-state index contributed by atoms with van der Waals surface area (Å²) in [6, 6.07) is 8.67. The molecule has 2 heterocycles. The maximum Gasteiger partial charge on any atom is 0.258 e. The number of aromatic nitrogens is 2. The lowest BCUT2D eigenvalue weighted by Crippen LogP contribution is -2.49. The fraction of sp³-hybridized carbons (Fsp3) is 0.333. The van der Waals surface area contributed by atoms with E-state index in [1.165, 1.54) is 13.1 Å². The van der Waals surface area contributed by atoms with E-state index in [4.69, 9.17) is 22.1 Å². The highest BCUT2D eigenvalue weighted by Crippen LogP contribution is 2.33. The lowest BCUT2D eigenvalue weighted by atomic mass is 10.1. The van der Waals surface area contributed by atoms with E-state index in [1.54, 1.807) is 31.2 Å². The number of nitrogen functional groups attached to an aromatic ring is 1. The van der Waals surface area contributed by atoms with Gasteiger partial charge in [0.05, 0.1) is 16.9 Å². The number of carbonyl (C=O) groups excluding carboxylic acids is 2. The number of benzene rings is 2. The maximum absolute atomic E-state index is 14.3. The van der Waals surface area contributed by atoms with Crippen LogP contribution in [0.4, 0.5) is 14.6 Å². The Balaban J connectivity index is 1.36. The number of carbonyl (C=O) groups is 2. The molecule has 1 saturated heterocycles. The zero-order valence-corrected chi connectivity index (χ0v) is 22.3. The molecule has 1 unspecified atom stereocenters. The average Bonchev–Trinajstić information content (AvgIpc) is 2.92. The van der Waals surface area contributed by atoms with Gasteiger partial charge in [-0.3, -0.25) is 14.5 Å². The van der Waals surface area contributed by atoms with E-state index >= 15 is 0 Å². The lowest BCUT2D eigenvalue weighted by Gasteiger charge is -2.34. The van der Waals surface area contributed by atoms with Crippen molar-refractivity contribution in [2.24, 2.45) is 0 Å². The average molecular weight is 559 g/mol. The second-order valence-corrected chi connectivity index (χ2v) is 9.52. The Hall–Kier alpha value is -3.83. The van der Waals surface area contributed by atoms with Gasteiger partial charge in [-0.2, -0.15) is 0 Å². The van der Waals surface area contributed by atoms with Crippen LogP contribution in [0.2, 0.25) is 5.02 Å². The molecule has 1 aliphatic heterocycles. The molecule has 0 radical (unpaired) electrons. The molecular weight excluding hydrogens is 530 g/mol. The van der Waals surface area contributed by atoms with Crippen molar-refractivity contribution >= 4 is 29.2 Å². The van der Waals surface area contributed by atoms with Gasteiger partial charge in [-0.1, -0.05) is 23.7 Å². The minimum absolute atomic E-state index is 0.0303. The van der Waals surface area contributed by atoms with E-state index in [9.17, 15) is 18.4 Å². The molecule has 1 fully saturated rings. The van der Waals surface area contributed by atoms with E-state index in [1.807, 2.05) is 4.90 Å². The number of nitrogens with two attached hydrogens (primary N) is 1. The van der Waals surface area contributed by atoms with Crippen LogP contribution in [-0.4, -0.2) is 70.9 Å². The van der Waals surface area contributed by atoms with Gasteiger partial charge >= 0.3 is 0 Å². The first-order chi connectivity index (χ1) is 18.6. The van der Waals surface area contributed by atoms with Crippen molar-refractivity contribution < 1.29 is 23.1 Å². The van der Waals surface area contributed by atoms with Crippen LogP contribution in [-0.2, 0) is 4.79 Å². The van der Waals surface area contributed by atoms with Gasteiger partial charge in [-0.15, -0.1) is 0 Å². The van der Waals surface area contributed by atoms with Gasteiger partial charge in [0, 0.05) is 62.9 Å². The number of anilines is 1. The molecule has 2 amide bonds. The van der Waals surface area contributed by atoms with Crippen molar-refractivity contribution in [1.29, 1.82) is 0 Å². The van der Waals surface area contributed by atoms with E-state index in [0.717, 1.165) is 25.2 Å². The van der Waals surface area contributed by atoms with Gasteiger partial charge < -0.3 is 20.7 Å². The molecule has 12 heteroatoms. The van der Waals surface area contributed by atoms with Crippen LogP contribution in [0, 0.1) is 11.6 Å². The third-order valence-corrected chi connectivity index (χ3v) is 6.90. The smallest absolute Gasteiger partial charge is 0.258 e. The number of hydrogen-bond acceptors (Lipinski definition) is 7. The highest BCUT2D eigenvalue weighted by molar-refractivity contribution is 6.31. The second-order valence-electron chi connectivity index (χ2n) is 9.14. The number of halogens is 3. The zero-order chi connectivity index (χ0) is 28.1. The lowest BCUT2D eigenvalue weighted by molar-refractivity contribution is -0.130. The van der Waals surface area contributed by atoms with Crippen molar-refractivity contribution in [3.63, 3.8) is 0 Å². The van der Waals surface area contributed by atoms with E-state index in [0.29, 0.717) is 43.0 Å². The van der Waals surface area contributed by atoms with Gasteiger partial charge in [0.2, 0.25) is 5.91 Å². The van der Waals surface area contributed by atoms with E-state index in [2.05, 4.69) is 20.2 Å². The molecule has 3 aromatic rings. The summed E-state index contributed by atoms with van der Waals surface area (Å²) in [6.45, 7) is 7.20. The number of nitrogens with zero attached hydrogens (tertiary/aromatic N) is 4. The molecule has 206 valence electrons. The van der Waals surface area contributed by atoms with Gasteiger partial charge in [-0.05, 0) is 31.2 Å². The van der Waals surface area contributed by atoms with Crippen molar-refractivity contribution in [3.05, 3.63) is 70.4 Å². The Morgan fingerprint density at radius 3 is 2.44 bits per heavy atom. The second kappa shape index (κ2) is 12.4. The molecule has 1 atom stereocenters. The number of rotatable bonds is 8. The summed E-state index contributed by atoms with van der Waals surface area (Å²) in [5.74, 6) is -1.71. The third-order valence-electron chi connectivity index (χ3n) is 6.52. The summed E-state index contributed by atoms with van der Waals surface area (Å²) < 4.78 is 33.9. The van der Waals surface area contributed by atoms with Crippen LogP contribution in [0.5, 0.6) is 5.88 Å². The summed E-state index contributed by atoms with van der Waals surface area (Å²) >= 11 is 5.94. The van der Waals surface area contributed by atoms with Crippen molar-refractivity contribution in [3.8, 4) is 17.1 Å². The molecule has 39 heavy (non-hydrogen) atoms. The molecule has 2 aromatic carbocycles. The number of amides is 2. The molecule has 9 nitrogen and oxygen atoms in total. The van der Waals surface area contributed by atoms with Gasteiger partial charge in [0.15, 0.2) is 5.82 Å². The summed E-state index contributed by atoms with van der Waals surface area (Å²) in [5, 5.41) is 2.53. The summed E-state index contributed by atoms with van der Waals surface area (Å²) in [5.41, 5.74) is 7.29. The van der Waals surface area contributed by atoms with Crippen molar-refractivity contribution in [2.45, 2.75) is 20.0 Å². The fourth-order valence-corrected chi connectivity index (χ4v) is 4.56. The van der Waals surface area contributed by atoms with Crippen LogP contribution in [0.15, 0.2) is 42.6 Å². The summed E-state index contributed by atoms with van der Waals surface area (Å²) in [7, 11) is 0. The van der Waals surface area contributed by atoms with Gasteiger partial charge in [0.25, 0.3) is 11.8 Å². The first-order valence-electron chi connectivity index (χ1n) is 12.4. The standard InChI is InChI=1S/C27H29ClF2N6O3/c1-16(23-20(29)7-8-21(30)24(23)28)39-27-25(31)33-15-22(34-27)18-3-5-19(6-4-18)26(38)32-9-10-35-11-13-36(14-12-35)17(2)37/h3-8,15-16H,9-14H2,1-2H3,(H2,31,33)(H,32,38). The number of hydrogen-bond donors (Lipinski definition) is 2. The number of nitrogens with one attached hydrogen (secondary N) is 1. The maximum atomic E-state index is 14.3. The third kappa shape index (κ3) is 6.79. The molecule has 0 spiro atoms. The molecule has 0 bridgehead atoms. The summed E-state index contributed by atoms with van der Waals surface area (Å²) in [6.07, 6.45) is 0.452. The highest BCUT2D eigenvalue weighted by Gasteiger charge is 2.22. The Bertz CT molecular complexity index is 1350. The van der Waals surface area contributed by atoms with Crippen LogP contribution < -0.4 is 15.8 Å². The predicted molar refractivity (Wildman–Crippen MR) is 143 cm³/mol. The van der Waals surface area contributed by atoms with E-state index < -0.39 is 17.7 Å². The predicted octanol–water partition coefficient (Wildman–Crippen LogP) is 3.69. The van der Waals surface area contributed by atoms with Crippen LogP contribution in [0.25, 0.3) is 11.3 Å². The Morgan fingerprint density at radius 1 is 1.10 bits per heavy atom. The molecule has 0 saturated carbocycles. The normalized spacial score (nSPS) is 14.6. The SMILES string of the molecule is CC(=O)N1CCN(CCNC(=O)c2ccc(-c3cnc(N)c(OC(C)c4c(F)ccc(F)c4Cl)n3)cc2)CC1. The van der Waals surface area contributed by atoms with Crippen LogP contribution in [0.1, 0.15) is 35.9 Å². The minimum Gasteiger partial charge on any atom is -0.467 e. The van der Waals surface area contributed by atoms with Gasteiger partial charge in [0.1, 0.15) is 17.7 Å². The fourth-order valence-electron chi connectivity index (χ4n) is 4.26. The monoisotopic (exact) mass is 558 g/mol. The first-order valence-corrected chi connectivity index (χ1v) is 12.8. The van der Waals surface area contributed by atoms with Gasteiger partial charge in [-0.25, -0.2) is 18.7 Å². The zero-order valence-electron chi connectivity index (χ0n) is 21.6. The molecule has 1 aromatic heterocycles. The summed E-state index contributed by atoms with van der Waals surface area (Å²) in [4.78, 5) is 36.5. The van der Waals surface area contributed by atoms with Crippen LogP contribution >= 0.6 is 11.6 Å². The molecule has 1 aliphatic rings. The molecule has 0 aliphatic carbocycles. The van der Waals surface area contributed by atoms with Crippen molar-refractivity contribution in [1.82, 2.24) is 25.1 Å². The molecule has 3 N–H and O–H groups in total. The quantitative estimate of drug-likeness (QED) is 0.405. The Kier molecular flexibility index (Phi) is 8.93. The molecular formula is C27H29ClF2N6O3. The van der Waals surface area contributed by atoms with E-state index in [-0.39, 0.29) is 34.1 Å². The minimum atomic E-state index is -0.996. The topological polar surface area (TPSA) is 114 Å². The van der Waals surface area contributed by atoms with Crippen LogP contribution in [0.3, 0.4) is 0 Å².